The van der Waals surface area contributed by atoms with Gasteiger partial charge in [-0.2, -0.15) is 0 Å². The van der Waals surface area contributed by atoms with Crippen LogP contribution in [0, 0.1) is 0 Å². The molecular weight excluding hydrogens is 671 g/mol. The van der Waals surface area contributed by atoms with Gasteiger partial charge in [-0.1, -0.05) is 133 Å². The van der Waals surface area contributed by atoms with Crippen LogP contribution >= 0.6 is 0 Å². The Hall–Kier alpha value is -5.75. The molecule has 2 unspecified atom stereocenters. The number of anilines is 1. The molecule has 3 aliphatic carbocycles. The van der Waals surface area contributed by atoms with Gasteiger partial charge in [-0.3, -0.25) is 0 Å². The Kier molecular flexibility index (Phi) is 6.91. The molecule has 2 aliphatic heterocycles. The number of allylic oxidation sites excluding steroid dienone is 2. The highest BCUT2D eigenvalue weighted by molar-refractivity contribution is 6.64. The van der Waals surface area contributed by atoms with E-state index in [1.165, 1.54) is 55.6 Å². The topological polar surface area (TPSA) is 34.1 Å². The fraction of sp³-hybridized carbons (Fsp3) is 0.180. The maximum atomic E-state index is 6.74. The summed E-state index contributed by atoms with van der Waals surface area (Å²) >= 11 is 0. The van der Waals surface area contributed by atoms with E-state index in [2.05, 4.69) is 190 Å². The second kappa shape index (κ2) is 11.6. The zero-order valence-corrected chi connectivity index (χ0v) is 31.6. The van der Waals surface area contributed by atoms with Crippen molar-refractivity contribution in [2.75, 3.05) is 4.90 Å². The number of rotatable bonds is 4. The van der Waals surface area contributed by atoms with Crippen LogP contribution < -0.4 is 10.4 Å². The maximum Gasteiger partial charge on any atom is 0.495 e. The molecule has 2 atom stereocenters. The van der Waals surface area contributed by atoms with Gasteiger partial charge in [0.15, 0.2) is 0 Å². The van der Waals surface area contributed by atoms with Gasteiger partial charge in [0.2, 0.25) is 0 Å². The fourth-order valence-electron chi connectivity index (χ4n) is 9.87. The van der Waals surface area contributed by atoms with E-state index in [0.717, 1.165) is 34.7 Å². The van der Waals surface area contributed by atoms with Crippen molar-refractivity contribution in [3.05, 3.63) is 191 Å². The van der Waals surface area contributed by atoms with E-state index in [4.69, 9.17) is 14.3 Å². The third kappa shape index (κ3) is 4.45. The lowest BCUT2D eigenvalue weighted by Crippen LogP contribution is -2.41. The number of para-hydroxylation sites is 1. The SMILES string of the molecule is CC1(C)OB(c2cccc3c2-c2ccccc2C32c3ccccc3-c3c(-c4cccc(C5=NC6=CC=CCC6N5c5ccccc5)c4)cccc32)OC1(C)C. The lowest BCUT2D eigenvalue weighted by Gasteiger charge is -2.32. The molecule has 1 fully saturated rings. The molecule has 0 aromatic heterocycles. The number of nitrogens with zero attached hydrogens (tertiary/aromatic N) is 2. The average Bonchev–Trinajstić information content (AvgIpc) is 3.91. The van der Waals surface area contributed by atoms with Crippen LogP contribution in [0.2, 0.25) is 0 Å². The first-order chi connectivity index (χ1) is 26.8. The van der Waals surface area contributed by atoms with Gasteiger partial charge in [-0.05, 0) is 119 Å². The molecular formula is C50H41BN2O2. The maximum absolute atomic E-state index is 6.74. The van der Waals surface area contributed by atoms with Crippen LogP contribution in [0.15, 0.2) is 168 Å². The summed E-state index contributed by atoms with van der Waals surface area (Å²) in [7, 11) is -0.474. The zero-order valence-electron chi connectivity index (χ0n) is 31.6. The van der Waals surface area contributed by atoms with Crippen molar-refractivity contribution in [3.63, 3.8) is 0 Å². The normalized spacial score (nSPS) is 21.9. The molecule has 1 spiro atoms. The largest absolute Gasteiger partial charge is 0.495 e. The molecule has 2 heterocycles. The highest BCUT2D eigenvalue weighted by Crippen LogP contribution is 2.64. The first kappa shape index (κ1) is 32.7. The molecule has 1 saturated heterocycles. The van der Waals surface area contributed by atoms with E-state index >= 15 is 0 Å². The van der Waals surface area contributed by atoms with E-state index in [-0.39, 0.29) is 6.04 Å². The highest BCUT2D eigenvalue weighted by atomic mass is 16.7. The molecule has 266 valence electrons. The molecule has 6 aromatic rings. The van der Waals surface area contributed by atoms with Gasteiger partial charge in [-0.25, -0.2) is 4.99 Å². The predicted molar refractivity (Wildman–Crippen MR) is 225 cm³/mol. The molecule has 5 heteroatoms. The van der Waals surface area contributed by atoms with Crippen molar-refractivity contribution in [1.82, 2.24) is 0 Å². The van der Waals surface area contributed by atoms with E-state index in [0.29, 0.717) is 0 Å². The molecule has 55 heavy (non-hydrogen) atoms. The molecule has 0 N–H and O–H groups in total. The summed E-state index contributed by atoms with van der Waals surface area (Å²) in [5.74, 6) is 0.992. The van der Waals surface area contributed by atoms with Gasteiger partial charge in [0.1, 0.15) is 5.84 Å². The molecule has 0 saturated carbocycles. The Bertz CT molecular complexity index is 2660. The molecule has 5 aliphatic rings. The highest BCUT2D eigenvalue weighted by Gasteiger charge is 2.56. The number of amidine groups is 1. The van der Waals surface area contributed by atoms with Crippen molar-refractivity contribution in [2.45, 2.75) is 56.8 Å². The number of hydrogen-bond donors (Lipinski definition) is 0. The first-order valence-electron chi connectivity index (χ1n) is 19.5. The van der Waals surface area contributed by atoms with Crippen molar-refractivity contribution in [1.29, 1.82) is 0 Å². The van der Waals surface area contributed by atoms with Crippen molar-refractivity contribution >= 4 is 24.1 Å². The van der Waals surface area contributed by atoms with E-state index in [1.54, 1.807) is 0 Å². The molecule has 11 rings (SSSR count). The van der Waals surface area contributed by atoms with E-state index in [1.807, 2.05) is 0 Å². The summed E-state index contributed by atoms with van der Waals surface area (Å²) < 4.78 is 13.5. The van der Waals surface area contributed by atoms with Gasteiger partial charge >= 0.3 is 7.12 Å². The molecule has 4 nitrogen and oxygen atoms in total. The Morgan fingerprint density at radius 1 is 0.600 bits per heavy atom. The molecule has 0 bridgehead atoms. The lowest BCUT2D eigenvalue weighted by molar-refractivity contribution is 0.00578. The van der Waals surface area contributed by atoms with Crippen molar-refractivity contribution in [3.8, 4) is 33.4 Å². The Balaban J connectivity index is 1.11. The van der Waals surface area contributed by atoms with E-state index in [9.17, 15) is 0 Å². The fourth-order valence-corrected chi connectivity index (χ4v) is 9.87. The Morgan fingerprint density at radius 2 is 1.18 bits per heavy atom. The number of benzene rings is 6. The van der Waals surface area contributed by atoms with Gasteiger partial charge < -0.3 is 14.2 Å². The van der Waals surface area contributed by atoms with Gasteiger partial charge in [0.05, 0.1) is 28.4 Å². The van der Waals surface area contributed by atoms with Crippen LogP contribution in [-0.2, 0) is 14.7 Å². The van der Waals surface area contributed by atoms with Crippen LogP contribution in [0.3, 0.4) is 0 Å². The number of aliphatic imine (C=N–C) groups is 1. The standard InChI is InChI=1S/C50H41BN2O2/c1-48(2)49(3,4)55-51(54-48)42-28-16-27-41-46(42)37-22-9-11-25-39(37)50(41)38-24-10-8-21-36(38)45-35(23-15-26-40(45)50)32-17-14-18-33(31-32)47-52-43-29-12-13-30-44(43)53(47)34-19-6-5-7-20-34/h5-29,31,44H,30H2,1-4H3. The van der Waals surface area contributed by atoms with Crippen LogP contribution in [0.25, 0.3) is 33.4 Å². The van der Waals surface area contributed by atoms with Crippen LogP contribution in [0.4, 0.5) is 5.69 Å². The summed E-state index contributed by atoms with van der Waals surface area (Å²) in [6.45, 7) is 8.52. The minimum atomic E-state index is -0.500. The smallest absolute Gasteiger partial charge is 0.399 e. The van der Waals surface area contributed by atoms with Crippen LogP contribution in [0.1, 0.15) is 61.9 Å². The third-order valence-corrected chi connectivity index (χ3v) is 13.0. The van der Waals surface area contributed by atoms with Gasteiger partial charge in [0.25, 0.3) is 0 Å². The summed E-state index contributed by atoms with van der Waals surface area (Å²) in [5.41, 5.74) is 15.7. The predicted octanol–water partition coefficient (Wildman–Crippen LogP) is 10.5. The van der Waals surface area contributed by atoms with Gasteiger partial charge in [0, 0.05) is 11.3 Å². The monoisotopic (exact) mass is 712 g/mol. The van der Waals surface area contributed by atoms with E-state index < -0.39 is 23.7 Å². The average molecular weight is 713 g/mol. The van der Waals surface area contributed by atoms with Crippen LogP contribution in [0.5, 0.6) is 0 Å². The lowest BCUT2D eigenvalue weighted by atomic mass is 9.68. The Morgan fingerprint density at radius 3 is 1.93 bits per heavy atom. The second-order valence-corrected chi connectivity index (χ2v) is 16.4. The summed E-state index contributed by atoms with van der Waals surface area (Å²) in [6, 6.07) is 51.6. The Labute approximate surface area is 323 Å². The van der Waals surface area contributed by atoms with Crippen molar-refractivity contribution in [2.24, 2.45) is 4.99 Å². The second-order valence-electron chi connectivity index (χ2n) is 16.4. The van der Waals surface area contributed by atoms with Crippen LogP contribution in [-0.4, -0.2) is 30.2 Å². The number of fused-ring (bicyclic) bond motifs is 11. The molecule has 0 radical (unpaired) electrons. The summed E-state index contributed by atoms with van der Waals surface area (Å²) in [6.07, 6.45) is 7.47. The zero-order chi connectivity index (χ0) is 37.1. The summed E-state index contributed by atoms with van der Waals surface area (Å²) in [4.78, 5) is 7.69. The minimum absolute atomic E-state index is 0.184. The molecule has 0 amide bonds. The van der Waals surface area contributed by atoms with Crippen molar-refractivity contribution < 1.29 is 9.31 Å². The first-order valence-corrected chi connectivity index (χ1v) is 19.5. The number of hydrogen-bond acceptors (Lipinski definition) is 4. The summed E-state index contributed by atoms with van der Waals surface area (Å²) in [5, 5.41) is 0. The molecule has 6 aromatic carbocycles. The quantitative estimate of drug-likeness (QED) is 0.170. The third-order valence-electron chi connectivity index (χ3n) is 13.0. The van der Waals surface area contributed by atoms with Gasteiger partial charge in [-0.15, -0.1) is 0 Å². The minimum Gasteiger partial charge on any atom is -0.399 e.